The molecule has 184 valence electrons. The summed E-state index contributed by atoms with van der Waals surface area (Å²) in [7, 11) is 0. The second-order valence-corrected chi connectivity index (χ2v) is 9.77. The number of nitrogens with one attached hydrogen (secondary N) is 1. The fourth-order valence-corrected chi connectivity index (χ4v) is 5.39. The van der Waals surface area contributed by atoms with E-state index in [9.17, 15) is 28.3 Å². The highest BCUT2D eigenvalue weighted by molar-refractivity contribution is 5.93. The quantitative estimate of drug-likeness (QED) is 0.646. The highest BCUT2D eigenvalue weighted by Gasteiger charge is 2.57. The summed E-state index contributed by atoms with van der Waals surface area (Å²) in [6.07, 6.45) is -0.547. The summed E-state index contributed by atoms with van der Waals surface area (Å²) < 4.78 is 33.6. The van der Waals surface area contributed by atoms with Gasteiger partial charge in [-0.3, -0.25) is 4.79 Å². The third kappa shape index (κ3) is 4.13. The van der Waals surface area contributed by atoms with Crippen molar-refractivity contribution in [2.45, 2.75) is 49.6 Å². The van der Waals surface area contributed by atoms with Gasteiger partial charge in [0.2, 0.25) is 5.91 Å². The Morgan fingerprint density at radius 1 is 1.09 bits per heavy atom. The summed E-state index contributed by atoms with van der Waals surface area (Å²) in [4.78, 5) is 38.4. The molecule has 2 atom stereocenters. The number of nitrogens with zero attached hydrogens (tertiary/aromatic N) is 1. The van der Waals surface area contributed by atoms with Gasteiger partial charge in [-0.05, 0) is 47.9 Å². The fraction of sp³-hybridized carbons (Fsp3) is 0.423. The van der Waals surface area contributed by atoms with Crippen molar-refractivity contribution in [1.82, 2.24) is 10.2 Å². The summed E-state index contributed by atoms with van der Waals surface area (Å²) in [6, 6.07) is 14.1. The molecule has 1 saturated carbocycles. The van der Waals surface area contributed by atoms with Crippen molar-refractivity contribution in [3.05, 3.63) is 59.7 Å². The van der Waals surface area contributed by atoms with E-state index in [1.807, 2.05) is 48.5 Å². The Bertz CT molecular complexity index is 1150. The van der Waals surface area contributed by atoms with Gasteiger partial charge in [-0.25, -0.2) is 18.4 Å². The first-order valence-electron chi connectivity index (χ1n) is 11.7. The van der Waals surface area contributed by atoms with Gasteiger partial charge in [0.1, 0.15) is 18.2 Å². The van der Waals surface area contributed by atoms with Crippen molar-refractivity contribution in [3.63, 3.8) is 0 Å². The van der Waals surface area contributed by atoms with Crippen LogP contribution in [-0.2, 0) is 14.3 Å². The predicted octanol–water partition coefficient (Wildman–Crippen LogP) is 4.01. The smallest absolute Gasteiger partial charge is 0.408 e. The van der Waals surface area contributed by atoms with Crippen molar-refractivity contribution in [1.29, 1.82) is 0 Å². The molecule has 3 aliphatic rings. The van der Waals surface area contributed by atoms with E-state index in [1.165, 1.54) is 6.92 Å². The third-order valence-corrected chi connectivity index (χ3v) is 7.36. The number of carboxylic acid groups (broad SMARTS) is 1. The number of alkyl carbamates (subject to hydrolysis) is 1. The summed E-state index contributed by atoms with van der Waals surface area (Å²) >= 11 is 0. The van der Waals surface area contributed by atoms with Crippen LogP contribution in [0.5, 0.6) is 0 Å². The number of aliphatic carboxylic acids is 1. The van der Waals surface area contributed by atoms with Crippen molar-refractivity contribution in [2.24, 2.45) is 5.92 Å². The van der Waals surface area contributed by atoms with Crippen LogP contribution in [0.25, 0.3) is 11.1 Å². The number of likely N-dealkylation sites (tertiary alicyclic amines) is 1. The molecule has 2 amide bonds. The van der Waals surface area contributed by atoms with Crippen molar-refractivity contribution < 1.29 is 33.0 Å². The number of fused-ring (bicyclic) bond motifs is 3. The molecule has 0 bridgehead atoms. The average Bonchev–Trinajstić information content (AvgIpc) is 3.56. The monoisotopic (exact) mass is 484 g/mol. The van der Waals surface area contributed by atoms with Gasteiger partial charge in [0, 0.05) is 12.3 Å². The van der Waals surface area contributed by atoms with E-state index in [2.05, 4.69) is 5.32 Å². The van der Waals surface area contributed by atoms with Crippen molar-refractivity contribution in [2.75, 3.05) is 13.2 Å². The van der Waals surface area contributed by atoms with Crippen LogP contribution in [0.3, 0.4) is 0 Å². The number of carboxylic acids is 1. The zero-order valence-electron chi connectivity index (χ0n) is 19.2. The largest absolute Gasteiger partial charge is 0.480 e. The Labute approximate surface area is 201 Å². The van der Waals surface area contributed by atoms with Crippen LogP contribution >= 0.6 is 0 Å². The number of ether oxygens (including phenoxy) is 1. The fourth-order valence-electron chi connectivity index (χ4n) is 5.39. The number of hydrogen-bond acceptors (Lipinski definition) is 4. The minimum absolute atomic E-state index is 0.0360. The lowest BCUT2D eigenvalue weighted by Crippen LogP contribution is -2.61. The van der Waals surface area contributed by atoms with E-state index < -0.39 is 48.4 Å². The van der Waals surface area contributed by atoms with Gasteiger partial charge >= 0.3 is 12.1 Å². The van der Waals surface area contributed by atoms with E-state index >= 15 is 0 Å². The average molecular weight is 484 g/mol. The standard InChI is InChI=1S/C26H26F2N2O5/c1-25(15-10-11-15,23(33)30-14-26(27,28)12-21(30)22(31)32)29-24(34)35-13-20-18-8-4-2-6-16(18)17-7-3-5-9-19(17)20/h2-9,15,20-21H,10-14H2,1H3,(H,29,34)(H,31,32). The highest BCUT2D eigenvalue weighted by atomic mass is 19.3. The predicted molar refractivity (Wildman–Crippen MR) is 122 cm³/mol. The number of carbonyl (C=O) groups is 3. The molecule has 9 heteroatoms. The van der Waals surface area contributed by atoms with Crippen LogP contribution in [0.2, 0.25) is 0 Å². The molecule has 5 rings (SSSR count). The number of carbonyl (C=O) groups excluding carboxylic acids is 2. The zero-order valence-corrected chi connectivity index (χ0v) is 19.2. The molecule has 0 aromatic heterocycles. The summed E-state index contributed by atoms with van der Waals surface area (Å²) in [5.74, 6) is -6.07. The number of halogens is 2. The Kier molecular flexibility index (Phi) is 5.53. The Morgan fingerprint density at radius 3 is 2.20 bits per heavy atom. The van der Waals surface area contributed by atoms with E-state index in [4.69, 9.17) is 4.74 Å². The van der Waals surface area contributed by atoms with Crippen molar-refractivity contribution in [3.8, 4) is 11.1 Å². The third-order valence-electron chi connectivity index (χ3n) is 7.36. The molecule has 0 radical (unpaired) electrons. The van der Waals surface area contributed by atoms with Gasteiger partial charge in [0.05, 0.1) is 6.54 Å². The molecule has 2 fully saturated rings. The van der Waals surface area contributed by atoms with Crippen LogP contribution in [0.15, 0.2) is 48.5 Å². The maximum atomic E-state index is 14.0. The minimum Gasteiger partial charge on any atom is -0.480 e. The van der Waals surface area contributed by atoms with Gasteiger partial charge in [-0.1, -0.05) is 48.5 Å². The molecular formula is C26H26F2N2O5. The number of amides is 2. The van der Waals surface area contributed by atoms with E-state index in [0.717, 1.165) is 22.3 Å². The first-order valence-corrected chi connectivity index (χ1v) is 11.7. The Hall–Kier alpha value is -3.49. The highest BCUT2D eigenvalue weighted by Crippen LogP contribution is 2.45. The van der Waals surface area contributed by atoms with Gasteiger partial charge in [-0.2, -0.15) is 0 Å². The molecule has 2 N–H and O–H groups in total. The summed E-state index contributed by atoms with van der Waals surface area (Å²) in [5, 5.41) is 12.0. The maximum Gasteiger partial charge on any atom is 0.408 e. The lowest BCUT2D eigenvalue weighted by molar-refractivity contribution is -0.151. The normalized spacial score (nSPS) is 22.1. The molecule has 2 aliphatic carbocycles. The van der Waals surface area contributed by atoms with Crippen LogP contribution in [0.4, 0.5) is 13.6 Å². The molecule has 0 spiro atoms. The molecule has 2 unspecified atom stereocenters. The molecule has 35 heavy (non-hydrogen) atoms. The van der Waals surface area contributed by atoms with E-state index in [-0.39, 0.29) is 18.4 Å². The summed E-state index contributed by atoms with van der Waals surface area (Å²) in [5.41, 5.74) is 2.68. The second kappa shape index (κ2) is 8.32. The van der Waals surface area contributed by atoms with Crippen LogP contribution in [0, 0.1) is 5.92 Å². The zero-order chi connectivity index (χ0) is 25.0. The van der Waals surface area contributed by atoms with Crippen molar-refractivity contribution >= 4 is 18.0 Å². The Balaban J connectivity index is 1.31. The topological polar surface area (TPSA) is 95.9 Å². The molecular weight excluding hydrogens is 458 g/mol. The van der Waals surface area contributed by atoms with Gasteiger partial charge < -0.3 is 20.1 Å². The Morgan fingerprint density at radius 2 is 1.66 bits per heavy atom. The first-order chi connectivity index (χ1) is 16.6. The van der Waals surface area contributed by atoms with Crippen LogP contribution < -0.4 is 5.32 Å². The molecule has 1 aliphatic heterocycles. The number of rotatable bonds is 6. The minimum atomic E-state index is -3.30. The molecule has 7 nitrogen and oxygen atoms in total. The number of hydrogen-bond donors (Lipinski definition) is 2. The summed E-state index contributed by atoms with van der Waals surface area (Å²) in [6.45, 7) is 0.510. The molecule has 1 heterocycles. The molecule has 2 aromatic rings. The first kappa shape index (κ1) is 23.3. The van der Waals surface area contributed by atoms with Gasteiger partial charge in [0.15, 0.2) is 0 Å². The van der Waals surface area contributed by atoms with E-state index in [0.29, 0.717) is 17.7 Å². The lowest BCUT2D eigenvalue weighted by atomic mass is 9.93. The molecule has 2 aromatic carbocycles. The second-order valence-electron chi connectivity index (χ2n) is 9.77. The SMILES string of the molecule is CC(NC(=O)OCC1c2ccccc2-c2ccccc21)(C(=O)N1CC(F)(F)CC1C(=O)O)C1CC1. The van der Waals surface area contributed by atoms with E-state index in [1.54, 1.807) is 0 Å². The maximum absolute atomic E-state index is 14.0. The molecule has 1 saturated heterocycles. The lowest BCUT2D eigenvalue weighted by Gasteiger charge is -2.34. The number of benzene rings is 2. The van der Waals surface area contributed by atoms with Gasteiger partial charge in [-0.15, -0.1) is 0 Å². The van der Waals surface area contributed by atoms with Crippen LogP contribution in [0.1, 0.15) is 43.2 Å². The van der Waals surface area contributed by atoms with Gasteiger partial charge in [0.25, 0.3) is 5.92 Å². The number of alkyl halides is 2. The van der Waals surface area contributed by atoms with Crippen LogP contribution in [-0.4, -0.2) is 58.6 Å².